The largest absolute Gasteiger partial charge is 0.381 e. The molecule has 132 valence electrons. The van der Waals surface area contributed by atoms with Crippen molar-refractivity contribution < 1.29 is 14.3 Å². The van der Waals surface area contributed by atoms with Gasteiger partial charge in [0.25, 0.3) is 0 Å². The highest BCUT2D eigenvalue weighted by Crippen LogP contribution is 2.28. The van der Waals surface area contributed by atoms with E-state index in [1.807, 2.05) is 18.2 Å². The fraction of sp³-hybridized carbons (Fsp3) is 0.632. The van der Waals surface area contributed by atoms with Crippen LogP contribution in [0, 0.1) is 5.92 Å². The number of rotatable bonds is 9. The first-order valence-electron chi connectivity index (χ1n) is 8.90. The standard InChI is InChI=1S/C19H28N2O3/c1-23-13-16-4-2-3-15(9-16)10-20-19(22)12-21(18-5-6-18)11-17-7-8-24-14-17/h2-4,9,17-18H,5-8,10-14H2,1H3,(H,20,22). The summed E-state index contributed by atoms with van der Waals surface area (Å²) >= 11 is 0. The minimum absolute atomic E-state index is 0.109. The maximum Gasteiger partial charge on any atom is 0.234 e. The van der Waals surface area contributed by atoms with Crippen LogP contribution in [-0.4, -0.2) is 50.3 Å². The van der Waals surface area contributed by atoms with Crippen molar-refractivity contribution in [3.8, 4) is 0 Å². The summed E-state index contributed by atoms with van der Waals surface area (Å²) in [6.07, 6.45) is 3.57. The Hall–Kier alpha value is -1.43. The summed E-state index contributed by atoms with van der Waals surface area (Å²) in [6.45, 7) is 4.37. The van der Waals surface area contributed by atoms with Crippen molar-refractivity contribution in [1.82, 2.24) is 10.2 Å². The van der Waals surface area contributed by atoms with Crippen LogP contribution in [0.5, 0.6) is 0 Å². The molecular weight excluding hydrogens is 304 g/mol. The quantitative estimate of drug-likeness (QED) is 0.751. The minimum atomic E-state index is 0.109. The molecule has 1 aliphatic heterocycles. The minimum Gasteiger partial charge on any atom is -0.381 e. The number of benzene rings is 1. The van der Waals surface area contributed by atoms with Gasteiger partial charge in [0.1, 0.15) is 0 Å². The molecule has 1 saturated heterocycles. The second-order valence-electron chi connectivity index (χ2n) is 6.92. The fourth-order valence-electron chi connectivity index (χ4n) is 3.28. The molecule has 2 aliphatic rings. The van der Waals surface area contributed by atoms with Crippen LogP contribution in [0.4, 0.5) is 0 Å². The van der Waals surface area contributed by atoms with Gasteiger partial charge in [0.15, 0.2) is 0 Å². The third kappa shape index (κ3) is 5.30. The van der Waals surface area contributed by atoms with Gasteiger partial charge in [0.2, 0.25) is 5.91 Å². The van der Waals surface area contributed by atoms with Crippen LogP contribution in [0.2, 0.25) is 0 Å². The van der Waals surface area contributed by atoms with Gasteiger partial charge in [0.05, 0.1) is 19.8 Å². The molecule has 0 radical (unpaired) electrons. The number of carbonyl (C=O) groups excluding carboxylic acids is 1. The van der Waals surface area contributed by atoms with E-state index in [-0.39, 0.29) is 5.91 Å². The number of ether oxygens (including phenoxy) is 2. The number of methoxy groups -OCH3 is 1. The molecule has 1 amide bonds. The second-order valence-corrected chi connectivity index (χ2v) is 6.92. The lowest BCUT2D eigenvalue weighted by Gasteiger charge is -2.24. The maximum absolute atomic E-state index is 12.3. The lowest BCUT2D eigenvalue weighted by atomic mass is 10.1. The normalized spacial score (nSPS) is 20.5. The van der Waals surface area contributed by atoms with Crippen molar-refractivity contribution in [3.63, 3.8) is 0 Å². The average molecular weight is 332 g/mol. The SMILES string of the molecule is COCc1cccc(CNC(=O)CN(CC2CCOC2)C2CC2)c1. The van der Waals surface area contributed by atoms with Gasteiger partial charge in [-0.05, 0) is 36.3 Å². The Labute approximate surface area is 144 Å². The number of nitrogens with one attached hydrogen (secondary N) is 1. The molecule has 24 heavy (non-hydrogen) atoms. The van der Waals surface area contributed by atoms with Crippen LogP contribution in [0.25, 0.3) is 0 Å². The summed E-state index contributed by atoms with van der Waals surface area (Å²) in [5.41, 5.74) is 2.24. The zero-order valence-electron chi connectivity index (χ0n) is 14.5. The number of nitrogens with zero attached hydrogens (tertiary/aromatic N) is 1. The van der Waals surface area contributed by atoms with E-state index in [1.54, 1.807) is 7.11 Å². The molecule has 0 aromatic heterocycles. The Bertz CT molecular complexity index is 539. The summed E-state index contributed by atoms with van der Waals surface area (Å²) in [4.78, 5) is 14.7. The van der Waals surface area contributed by atoms with Crippen molar-refractivity contribution >= 4 is 5.91 Å². The molecule has 1 aromatic carbocycles. The third-order valence-corrected chi connectivity index (χ3v) is 4.72. The van der Waals surface area contributed by atoms with Gasteiger partial charge in [-0.25, -0.2) is 0 Å². The molecule has 1 heterocycles. The molecule has 1 aliphatic carbocycles. The van der Waals surface area contributed by atoms with E-state index >= 15 is 0 Å². The van der Waals surface area contributed by atoms with Crippen LogP contribution in [-0.2, 0) is 27.4 Å². The fourth-order valence-corrected chi connectivity index (χ4v) is 3.28. The molecule has 2 fully saturated rings. The molecule has 1 saturated carbocycles. The van der Waals surface area contributed by atoms with Crippen LogP contribution < -0.4 is 5.32 Å². The monoisotopic (exact) mass is 332 g/mol. The van der Waals surface area contributed by atoms with Gasteiger partial charge >= 0.3 is 0 Å². The second kappa shape index (κ2) is 8.60. The number of carbonyl (C=O) groups is 1. The molecule has 1 atom stereocenters. The highest BCUT2D eigenvalue weighted by molar-refractivity contribution is 5.78. The highest BCUT2D eigenvalue weighted by Gasteiger charge is 2.32. The molecule has 1 aromatic rings. The topological polar surface area (TPSA) is 50.8 Å². The van der Waals surface area contributed by atoms with Crippen molar-refractivity contribution in [2.75, 3.05) is 33.4 Å². The Balaban J connectivity index is 1.46. The Kier molecular flexibility index (Phi) is 6.24. The summed E-state index contributed by atoms with van der Waals surface area (Å²) in [5.74, 6) is 0.696. The third-order valence-electron chi connectivity index (χ3n) is 4.72. The molecule has 3 rings (SSSR count). The van der Waals surface area contributed by atoms with E-state index in [1.165, 1.54) is 12.8 Å². The molecule has 5 nitrogen and oxygen atoms in total. The molecule has 1 unspecified atom stereocenters. The van der Waals surface area contributed by atoms with Crippen LogP contribution in [0.3, 0.4) is 0 Å². The predicted molar refractivity (Wildman–Crippen MR) is 92.5 cm³/mol. The highest BCUT2D eigenvalue weighted by atomic mass is 16.5. The van der Waals surface area contributed by atoms with Crippen LogP contribution in [0.15, 0.2) is 24.3 Å². The Morgan fingerprint density at radius 2 is 2.17 bits per heavy atom. The van der Waals surface area contributed by atoms with E-state index < -0.39 is 0 Å². The molecular formula is C19H28N2O3. The maximum atomic E-state index is 12.3. The first kappa shape index (κ1) is 17.4. The number of amides is 1. The van der Waals surface area contributed by atoms with Crippen molar-refractivity contribution in [2.24, 2.45) is 5.92 Å². The van der Waals surface area contributed by atoms with Crippen LogP contribution in [0.1, 0.15) is 30.4 Å². The Morgan fingerprint density at radius 3 is 2.88 bits per heavy atom. The van der Waals surface area contributed by atoms with E-state index in [0.29, 0.717) is 31.7 Å². The summed E-state index contributed by atoms with van der Waals surface area (Å²) in [5, 5.41) is 3.05. The molecule has 1 N–H and O–H groups in total. The van der Waals surface area contributed by atoms with Gasteiger partial charge in [-0.1, -0.05) is 24.3 Å². The molecule has 0 spiro atoms. The van der Waals surface area contributed by atoms with Crippen molar-refractivity contribution in [3.05, 3.63) is 35.4 Å². The van der Waals surface area contributed by atoms with Gasteiger partial charge in [-0.2, -0.15) is 0 Å². The predicted octanol–water partition coefficient (Wildman–Crippen LogP) is 1.95. The van der Waals surface area contributed by atoms with E-state index in [4.69, 9.17) is 9.47 Å². The molecule has 5 heteroatoms. The van der Waals surface area contributed by atoms with E-state index in [0.717, 1.165) is 37.3 Å². The summed E-state index contributed by atoms with van der Waals surface area (Å²) < 4.78 is 10.6. The van der Waals surface area contributed by atoms with Crippen LogP contribution >= 0.6 is 0 Å². The smallest absolute Gasteiger partial charge is 0.234 e. The first-order valence-corrected chi connectivity index (χ1v) is 8.90. The molecule has 0 bridgehead atoms. The number of hydrogen-bond acceptors (Lipinski definition) is 4. The van der Waals surface area contributed by atoms with Crippen molar-refractivity contribution in [1.29, 1.82) is 0 Å². The van der Waals surface area contributed by atoms with E-state index in [2.05, 4.69) is 16.3 Å². The van der Waals surface area contributed by atoms with Gasteiger partial charge in [0, 0.05) is 32.8 Å². The van der Waals surface area contributed by atoms with Gasteiger partial charge in [-0.3, -0.25) is 9.69 Å². The average Bonchev–Trinajstić information content (AvgIpc) is 3.31. The zero-order chi connectivity index (χ0) is 16.8. The summed E-state index contributed by atoms with van der Waals surface area (Å²) in [6, 6.07) is 8.76. The van der Waals surface area contributed by atoms with Gasteiger partial charge in [-0.15, -0.1) is 0 Å². The van der Waals surface area contributed by atoms with E-state index in [9.17, 15) is 4.79 Å². The summed E-state index contributed by atoms with van der Waals surface area (Å²) in [7, 11) is 1.69. The lowest BCUT2D eigenvalue weighted by Crippen LogP contribution is -2.40. The lowest BCUT2D eigenvalue weighted by molar-refractivity contribution is -0.122. The number of hydrogen-bond donors (Lipinski definition) is 1. The first-order chi connectivity index (χ1) is 11.7. The van der Waals surface area contributed by atoms with Gasteiger partial charge < -0.3 is 14.8 Å². The zero-order valence-corrected chi connectivity index (χ0v) is 14.5. The Morgan fingerprint density at radius 1 is 1.33 bits per heavy atom. The van der Waals surface area contributed by atoms with Crippen molar-refractivity contribution in [2.45, 2.75) is 38.5 Å².